The first-order valence-electron chi connectivity index (χ1n) is 4.78. The van der Waals surface area contributed by atoms with Crippen molar-refractivity contribution in [2.45, 2.75) is 6.61 Å². The second kappa shape index (κ2) is 6.16. The number of carbonyl (C=O) groups is 1. The van der Waals surface area contributed by atoms with Gasteiger partial charge in [0, 0.05) is 12.8 Å². The number of carbonyl (C=O) groups excluding carboxylic acids is 1. The topological polar surface area (TPSA) is 50.4 Å². The number of anilines is 1. The van der Waals surface area contributed by atoms with E-state index in [1.54, 1.807) is 14.2 Å². The summed E-state index contributed by atoms with van der Waals surface area (Å²) in [5, 5.41) is 5.58. The summed E-state index contributed by atoms with van der Waals surface area (Å²) in [7, 11) is 3.38. The predicted octanol–water partition coefficient (Wildman–Crippen LogP) is 0.991. The number of methoxy groups -OCH3 is 1. The third kappa shape index (κ3) is 4.10. The van der Waals surface area contributed by atoms with Gasteiger partial charge in [0.05, 0.1) is 13.2 Å². The van der Waals surface area contributed by atoms with Gasteiger partial charge in [-0.1, -0.05) is 12.1 Å². The lowest BCUT2D eigenvalue weighted by atomic mass is 10.2. The molecule has 0 bridgehead atoms. The molecule has 0 spiro atoms. The summed E-state index contributed by atoms with van der Waals surface area (Å²) < 4.78 is 5.01. The highest BCUT2D eigenvalue weighted by Crippen LogP contribution is 2.10. The molecule has 0 heterocycles. The third-order valence-corrected chi connectivity index (χ3v) is 1.86. The molecule has 0 unspecified atom stereocenters. The molecule has 1 amide bonds. The van der Waals surface area contributed by atoms with Gasteiger partial charge < -0.3 is 15.4 Å². The van der Waals surface area contributed by atoms with Crippen LogP contribution in [0.4, 0.5) is 5.69 Å². The van der Waals surface area contributed by atoms with E-state index >= 15 is 0 Å². The zero-order valence-electron chi connectivity index (χ0n) is 9.04. The lowest BCUT2D eigenvalue weighted by Crippen LogP contribution is -2.25. The Morgan fingerprint density at radius 3 is 2.93 bits per heavy atom. The fourth-order valence-electron chi connectivity index (χ4n) is 1.27. The largest absolute Gasteiger partial charge is 0.380 e. The minimum absolute atomic E-state index is 0.0490. The van der Waals surface area contributed by atoms with Crippen LogP contribution < -0.4 is 10.6 Å². The van der Waals surface area contributed by atoms with Gasteiger partial charge in [0.1, 0.15) is 0 Å². The van der Waals surface area contributed by atoms with Gasteiger partial charge in [0.2, 0.25) is 5.91 Å². The van der Waals surface area contributed by atoms with Crippen LogP contribution in [0.2, 0.25) is 0 Å². The lowest BCUT2D eigenvalue weighted by molar-refractivity contribution is -0.115. The van der Waals surface area contributed by atoms with Crippen molar-refractivity contribution >= 4 is 11.6 Å². The van der Waals surface area contributed by atoms with E-state index in [0.717, 1.165) is 11.3 Å². The number of hydrogen-bond acceptors (Lipinski definition) is 3. The zero-order valence-corrected chi connectivity index (χ0v) is 9.04. The Bertz CT molecular complexity index is 326. The molecular weight excluding hydrogens is 192 g/mol. The monoisotopic (exact) mass is 208 g/mol. The summed E-state index contributed by atoms with van der Waals surface area (Å²) in [5.41, 5.74) is 1.84. The van der Waals surface area contributed by atoms with E-state index in [9.17, 15) is 4.79 Å². The molecule has 0 aliphatic carbocycles. The normalized spacial score (nSPS) is 10.0. The van der Waals surface area contributed by atoms with Crippen LogP contribution in [-0.4, -0.2) is 26.6 Å². The summed E-state index contributed by atoms with van der Waals surface area (Å²) >= 11 is 0. The Balaban J connectivity index is 2.60. The Kier molecular flexibility index (Phi) is 4.80. The SMILES string of the molecule is CNCC(=O)Nc1cccc(COC)c1. The van der Waals surface area contributed by atoms with E-state index in [4.69, 9.17) is 4.74 Å². The molecule has 4 heteroatoms. The van der Waals surface area contributed by atoms with Crippen molar-refractivity contribution < 1.29 is 9.53 Å². The standard InChI is InChI=1S/C11H16N2O2/c1-12-7-11(14)13-10-5-3-4-9(6-10)8-15-2/h3-6,12H,7-8H2,1-2H3,(H,13,14). The van der Waals surface area contributed by atoms with Crippen LogP contribution in [0.15, 0.2) is 24.3 Å². The molecule has 82 valence electrons. The molecule has 0 aliphatic rings. The Morgan fingerprint density at radius 2 is 2.27 bits per heavy atom. The second-order valence-electron chi connectivity index (χ2n) is 3.21. The maximum atomic E-state index is 11.3. The fraction of sp³-hybridized carbons (Fsp3) is 0.364. The molecule has 0 saturated carbocycles. The highest BCUT2D eigenvalue weighted by atomic mass is 16.5. The third-order valence-electron chi connectivity index (χ3n) is 1.86. The van der Waals surface area contributed by atoms with Gasteiger partial charge in [0.25, 0.3) is 0 Å². The van der Waals surface area contributed by atoms with Crippen LogP contribution in [0, 0.1) is 0 Å². The predicted molar refractivity (Wildman–Crippen MR) is 59.7 cm³/mol. The van der Waals surface area contributed by atoms with Crippen molar-refractivity contribution in [1.29, 1.82) is 0 Å². The first-order chi connectivity index (χ1) is 7.26. The van der Waals surface area contributed by atoms with Crippen molar-refractivity contribution in [3.63, 3.8) is 0 Å². The number of ether oxygens (including phenoxy) is 1. The Morgan fingerprint density at radius 1 is 1.47 bits per heavy atom. The van der Waals surface area contributed by atoms with E-state index in [-0.39, 0.29) is 5.91 Å². The smallest absolute Gasteiger partial charge is 0.238 e. The average molecular weight is 208 g/mol. The van der Waals surface area contributed by atoms with Crippen molar-refractivity contribution in [2.75, 3.05) is 26.0 Å². The summed E-state index contributed by atoms with van der Waals surface area (Å²) in [6.45, 7) is 0.865. The first kappa shape index (κ1) is 11.7. The fourth-order valence-corrected chi connectivity index (χ4v) is 1.27. The van der Waals surface area contributed by atoms with Gasteiger partial charge in [-0.05, 0) is 24.7 Å². The minimum atomic E-state index is -0.0490. The number of nitrogens with one attached hydrogen (secondary N) is 2. The molecule has 0 atom stereocenters. The summed E-state index contributed by atoms with van der Waals surface area (Å²) in [5.74, 6) is -0.0490. The van der Waals surface area contributed by atoms with Gasteiger partial charge in [-0.25, -0.2) is 0 Å². The van der Waals surface area contributed by atoms with E-state index in [2.05, 4.69) is 10.6 Å². The molecule has 15 heavy (non-hydrogen) atoms. The van der Waals surface area contributed by atoms with Crippen LogP contribution >= 0.6 is 0 Å². The van der Waals surface area contributed by atoms with Gasteiger partial charge in [-0.15, -0.1) is 0 Å². The maximum Gasteiger partial charge on any atom is 0.238 e. The van der Waals surface area contributed by atoms with Crippen molar-refractivity contribution in [2.24, 2.45) is 0 Å². The quantitative estimate of drug-likeness (QED) is 0.758. The molecule has 0 aliphatic heterocycles. The number of hydrogen-bond donors (Lipinski definition) is 2. The average Bonchev–Trinajstić information content (AvgIpc) is 2.19. The van der Waals surface area contributed by atoms with Crippen LogP contribution in [0.3, 0.4) is 0 Å². The summed E-state index contributed by atoms with van der Waals surface area (Å²) in [6, 6.07) is 7.60. The molecule has 1 rings (SSSR count). The highest BCUT2D eigenvalue weighted by Gasteiger charge is 2.00. The number of amides is 1. The van der Waals surface area contributed by atoms with Crippen LogP contribution in [0.5, 0.6) is 0 Å². The molecular formula is C11H16N2O2. The zero-order chi connectivity index (χ0) is 11.1. The molecule has 4 nitrogen and oxygen atoms in total. The van der Waals surface area contributed by atoms with Crippen molar-refractivity contribution in [3.8, 4) is 0 Å². The van der Waals surface area contributed by atoms with E-state index < -0.39 is 0 Å². The Hall–Kier alpha value is -1.39. The van der Waals surface area contributed by atoms with Crippen LogP contribution in [0.1, 0.15) is 5.56 Å². The van der Waals surface area contributed by atoms with E-state index in [1.165, 1.54) is 0 Å². The molecule has 2 N–H and O–H groups in total. The Labute approximate surface area is 89.6 Å². The van der Waals surface area contributed by atoms with E-state index in [0.29, 0.717) is 13.2 Å². The number of rotatable bonds is 5. The second-order valence-corrected chi connectivity index (χ2v) is 3.21. The minimum Gasteiger partial charge on any atom is -0.380 e. The van der Waals surface area contributed by atoms with Crippen LogP contribution in [0.25, 0.3) is 0 Å². The van der Waals surface area contributed by atoms with Gasteiger partial charge in [-0.3, -0.25) is 4.79 Å². The molecule has 1 aromatic carbocycles. The maximum absolute atomic E-state index is 11.3. The molecule has 0 fully saturated rings. The lowest BCUT2D eigenvalue weighted by Gasteiger charge is -2.06. The molecule has 0 saturated heterocycles. The van der Waals surface area contributed by atoms with Gasteiger partial charge >= 0.3 is 0 Å². The first-order valence-corrected chi connectivity index (χ1v) is 4.78. The molecule has 0 radical (unpaired) electrons. The number of likely N-dealkylation sites (N-methyl/N-ethyl adjacent to an activating group) is 1. The highest BCUT2D eigenvalue weighted by molar-refractivity contribution is 5.92. The van der Waals surface area contributed by atoms with Gasteiger partial charge in [0.15, 0.2) is 0 Å². The summed E-state index contributed by atoms with van der Waals surface area (Å²) in [6.07, 6.45) is 0. The molecule has 0 aromatic heterocycles. The van der Waals surface area contributed by atoms with Crippen LogP contribution in [-0.2, 0) is 16.1 Å². The van der Waals surface area contributed by atoms with Crippen molar-refractivity contribution in [1.82, 2.24) is 5.32 Å². The number of benzene rings is 1. The van der Waals surface area contributed by atoms with Gasteiger partial charge in [-0.2, -0.15) is 0 Å². The van der Waals surface area contributed by atoms with Crippen molar-refractivity contribution in [3.05, 3.63) is 29.8 Å². The van der Waals surface area contributed by atoms with E-state index in [1.807, 2.05) is 24.3 Å². The molecule has 1 aromatic rings. The summed E-state index contributed by atoms with van der Waals surface area (Å²) in [4.78, 5) is 11.3.